The normalized spacial score (nSPS) is 9.47. The molecular weight excluding hydrogens is 254 g/mol. The van der Waals surface area contributed by atoms with Gasteiger partial charge in [-0.25, -0.2) is 4.79 Å². The molecule has 0 fully saturated rings. The molecule has 1 amide bonds. The van der Waals surface area contributed by atoms with Crippen molar-refractivity contribution in [1.29, 1.82) is 0 Å². The number of benzene rings is 1. The Hall–Kier alpha value is -2.57. The Morgan fingerprint density at radius 1 is 1.11 bits per heavy atom. The molecule has 7 heteroatoms. The molecule has 0 atom stereocenters. The molecule has 1 rings (SSSR count). The van der Waals surface area contributed by atoms with Crippen LogP contribution in [0.1, 0.15) is 5.56 Å². The van der Waals surface area contributed by atoms with Crippen molar-refractivity contribution >= 4 is 18.0 Å². The summed E-state index contributed by atoms with van der Waals surface area (Å²) in [5, 5.41) is 10.2. The zero-order valence-corrected chi connectivity index (χ0v) is 10.00. The SMILES string of the molecule is O=C(O)CNC(=O)OCOC(=O)Cc1ccccc1. The number of carbonyl (C=O) groups is 3. The molecule has 0 aliphatic rings. The third kappa shape index (κ3) is 6.67. The second-order valence-corrected chi connectivity index (χ2v) is 3.48. The van der Waals surface area contributed by atoms with Crippen LogP contribution in [0.5, 0.6) is 0 Å². The van der Waals surface area contributed by atoms with Crippen LogP contribution in [0, 0.1) is 0 Å². The minimum Gasteiger partial charge on any atom is -0.480 e. The van der Waals surface area contributed by atoms with Gasteiger partial charge in [0.05, 0.1) is 6.42 Å². The van der Waals surface area contributed by atoms with Crippen LogP contribution in [0.4, 0.5) is 4.79 Å². The molecule has 0 aliphatic heterocycles. The molecule has 0 spiro atoms. The van der Waals surface area contributed by atoms with Crippen molar-refractivity contribution in [3.8, 4) is 0 Å². The highest BCUT2D eigenvalue weighted by molar-refractivity contribution is 5.76. The fourth-order valence-electron chi connectivity index (χ4n) is 1.16. The van der Waals surface area contributed by atoms with Crippen molar-refractivity contribution in [3.05, 3.63) is 35.9 Å². The molecule has 102 valence electrons. The summed E-state index contributed by atoms with van der Waals surface area (Å²) < 4.78 is 9.10. The molecule has 19 heavy (non-hydrogen) atoms. The molecule has 2 N–H and O–H groups in total. The van der Waals surface area contributed by atoms with Crippen molar-refractivity contribution in [2.75, 3.05) is 13.3 Å². The minimum atomic E-state index is -1.20. The van der Waals surface area contributed by atoms with Crippen LogP contribution in [0.2, 0.25) is 0 Å². The Morgan fingerprint density at radius 3 is 2.42 bits per heavy atom. The lowest BCUT2D eigenvalue weighted by Crippen LogP contribution is -2.30. The lowest BCUT2D eigenvalue weighted by Gasteiger charge is -2.06. The van der Waals surface area contributed by atoms with E-state index >= 15 is 0 Å². The van der Waals surface area contributed by atoms with Crippen LogP contribution >= 0.6 is 0 Å². The first-order chi connectivity index (χ1) is 9.08. The predicted octanol–water partition coefficient (Wildman–Crippen LogP) is 0.541. The summed E-state index contributed by atoms with van der Waals surface area (Å²) in [6.45, 7) is -1.12. The van der Waals surface area contributed by atoms with Crippen LogP contribution in [0.15, 0.2) is 30.3 Å². The molecule has 7 nitrogen and oxygen atoms in total. The maximum Gasteiger partial charge on any atom is 0.410 e. The number of aliphatic carboxylic acids is 1. The van der Waals surface area contributed by atoms with Gasteiger partial charge in [-0.15, -0.1) is 0 Å². The fraction of sp³-hybridized carbons (Fsp3) is 0.250. The monoisotopic (exact) mass is 267 g/mol. The van der Waals surface area contributed by atoms with Crippen molar-refractivity contribution in [1.82, 2.24) is 5.32 Å². The number of carbonyl (C=O) groups excluding carboxylic acids is 2. The van der Waals surface area contributed by atoms with Gasteiger partial charge in [0.25, 0.3) is 0 Å². The number of alkyl carbamates (subject to hydrolysis) is 1. The molecule has 1 aromatic carbocycles. The Morgan fingerprint density at radius 2 is 1.79 bits per heavy atom. The van der Waals surface area contributed by atoms with Crippen molar-refractivity contribution in [2.45, 2.75) is 6.42 Å². The first kappa shape index (κ1) is 14.5. The predicted molar refractivity (Wildman–Crippen MR) is 63.2 cm³/mol. The number of hydrogen-bond donors (Lipinski definition) is 2. The second-order valence-electron chi connectivity index (χ2n) is 3.48. The number of amides is 1. The maximum atomic E-state index is 11.3. The molecule has 0 unspecified atom stereocenters. The van der Waals surface area contributed by atoms with Gasteiger partial charge in [-0.05, 0) is 5.56 Å². The van der Waals surface area contributed by atoms with E-state index in [4.69, 9.17) is 5.11 Å². The van der Waals surface area contributed by atoms with E-state index in [-0.39, 0.29) is 6.42 Å². The summed E-state index contributed by atoms with van der Waals surface area (Å²) in [5.41, 5.74) is 0.780. The van der Waals surface area contributed by atoms with Gasteiger partial charge in [0.15, 0.2) is 0 Å². The van der Waals surface area contributed by atoms with E-state index in [9.17, 15) is 14.4 Å². The van der Waals surface area contributed by atoms with E-state index in [2.05, 4.69) is 9.47 Å². The van der Waals surface area contributed by atoms with E-state index in [1.165, 1.54) is 0 Å². The molecule has 0 aromatic heterocycles. The molecule has 0 saturated carbocycles. The van der Waals surface area contributed by atoms with Gasteiger partial charge < -0.3 is 19.9 Å². The van der Waals surface area contributed by atoms with E-state index < -0.39 is 31.4 Å². The van der Waals surface area contributed by atoms with E-state index in [1.807, 2.05) is 11.4 Å². The van der Waals surface area contributed by atoms with Crippen molar-refractivity contribution in [3.63, 3.8) is 0 Å². The third-order valence-electron chi connectivity index (χ3n) is 1.99. The number of carboxylic acids is 1. The van der Waals surface area contributed by atoms with Gasteiger partial charge in [-0.2, -0.15) is 0 Å². The summed E-state index contributed by atoms with van der Waals surface area (Å²) in [5.74, 6) is -1.74. The Bertz CT molecular complexity index is 445. The van der Waals surface area contributed by atoms with Gasteiger partial charge in [-0.3, -0.25) is 9.59 Å². The lowest BCUT2D eigenvalue weighted by molar-refractivity contribution is -0.151. The Kier molecular flexibility index (Phi) is 5.87. The smallest absolute Gasteiger partial charge is 0.410 e. The van der Waals surface area contributed by atoms with E-state index in [0.29, 0.717) is 0 Å². The molecule has 0 bridgehead atoms. The summed E-state index contributed by atoms with van der Waals surface area (Å²) in [7, 11) is 0. The maximum absolute atomic E-state index is 11.3. The van der Waals surface area contributed by atoms with Crippen molar-refractivity contribution in [2.24, 2.45) is 0 Å². The highest BCUT2D eigenvalue weighted by Crippen LogP contribution is 2.00. The van der Waals surface area contributed by atoms with Crippen LogP contribution in [-0.2, 0) is 25.5 Å². The van der Waals surface area contributed by atoms with Gasteiger partial charge in [-0.1, -0.05) is 30.3 Å². The molecular formula is C12H13NO6. The van der Waals surface area contributed by atoms with Crippen LogP contribution < -0.4 is 5.32 Å². The number of hydrogen-bond acceptors (Lipinski definition) is 5. The average Bonchev–Trinajstić information content (AvgIpc) is 2.37. The van der Waals surface area contributed by atoms with Gasteiger partial charge in [0.1, 0.15) is 6.54 Å². The highest BCUT2D eigenvalue weighted by atomic mass is 16.7. The summed E-state index contributed by atoms with van der Waals surface area (Å²) in [4.78, 5) is 32.4. The van der Waals surface area contributed by atoms with Gasteiger partial charge in [0.2, 0.25) is 6.79 Å². The summed E-state index contributed by atoms with van der Waals surface area (Å²) in [6, 6.07) is 8.94. The van der Waals surface area contributed by atoms with Crippen LogP contribution in [0.3, 0.4) is 0 Å². The molecule has 0 radical (unpaired) electrons. The largest absolute Gasteiger partial charge is 0.480 e. The Balaban J connectivity index is 2.17. The highest BCUT2D eigenvalue weighted by Gasteiger charge is 2.07. The van der Waals surface area contributed by atoms with Crippen molar-refractivity contribution < 1.29 is 29.0 Å². The standard InChI is InChI=1S/C12H13NO6/c14-10(15)7-13-12(17)19-8-18-11(16)6-9-4-2-1-3-5-9/h1-5H,6-8H2,(H,13,17)(H,14,15). The Labute approximate surface area is 109 Å². The zero-order chi connectivity index (χ0) is 14.1. The zero-order valence-electron chi connectivity index (χ0n) is 10.00. The van der Waals surface area contributed by atoms with Crippen LogP contribution in [0.25, 0.3) is 0 Å². The van der Waals surface area contributed by atoms with Gasteiger partial charge in [0, 0.05) is 0 Å². The topological polar surface area (TPSA) is 102 Å². The quantitative estimate of drug-likeness (QED) is 0.576. The molecule has 0 heterocycles. The molecule has 0 saturated heterocycles. The second kappa shape index (κ2) is 7.70. The number of nitrogens with one attached hydrogen (secondary N) is 1. The first-order valence-corrected chi connectivity index (χ1v) is 5.40. The average molecular weight is 267 g/mol. The number of rotatable bonds is 6. The first-order valence-electron chi connectivity index (χ1n) is 5.40. The lowest BCUT2D eigenvalue weighted by atomic mass is 10.2. The van der Waals surface area contributed by atoms with Crippen LogP contribution in [-0.4, -0.2) is 36.5 Å². The van der Waals surface area contributed by atoms with E-state index in [0.717, 1.165) is 5.56 Å². The summed E-state index contributed by atoms with van der Waals surface area (Å²) >= 11 is 0. The van der Waals surface area contributed by atoms with E-state index in [1.54, 1.807) is 24.3 Å². The number of ether oxygens (including phenoxy) is 2. The molecule has 1 aromatic rings. The van der Waals surface area contributed by atoms with Gasteiger partial charge >= 0.3 is 18.0 Å². The number of esters is 1. The third-order valence-corrected chi connectivity index (χ3v) is 1.99. The fourth-order valence-corrected chi connectivity index (χ4v) is 1.16. The number of carboxylic acid groups (broad SMARTS) is 1. The minimum absolute atomic E-state index is 0.0704. The molecule has 0 aliphatic carbocycles. The summed E-state index contributed by atoms with van der Waals surface area (Å²) in [6.07, 6.45) is -0.893.